The number of amides is 1. The van der Waals surface area contributed by atoms with Gasteiger partial charge in [0.05, 0.1) is 11.6 Å². The number of aryl methyl sites for hydroxylation is 2. The van der Waals surface area contributed by atoms with Crippen molar-refractivity contribution in [2.24, 2.45) is 11.3 Å². The van der Waals surface area contributed by atoms with Crippen molar-refractivity contribution in [3.63, 3.8) is 0 Å². The predicted octanol–water partition coefficient (Wildman–Crippen LogP) is 6.74. The topological polar surface area (TPSA) is 109 Å². The predicted molar refractivity (Wildman–Crippen MR) is 165 cm³/mol. The van der Waals surface area contributed by atoms with Crippen molar-refractivity contribution in [2.75, 3.05) is 0 Å². The second-order valence-corrected chi connectivity index (χ2v) is 12.0. The largest absolute Gasteiger partial charge is 0.289 e. The second-order valence-electron chi connectivity index (χ2n) is 12.0. The number of rotatable bonds is 5. The monoisotopic (exact) mass is 572 g/mol. The molecule has 5 atom stereocenters. The average Bonchev–Trinajstić information content (AvgIpc) is 3.68. The Morgan fingerprint density at radius 3 is 2.00 bits per heavy atom. The van der Waals surface area contributed by atoms with E-state index >= 15 is 0 Å². The van der Waals surface area contributed by atoms with Crippen LogP contribution < -0.4 is 0 Å². The van der Waals surface area contributed by atoms with Gasteiger partial charge in [0, 0.05) is 28.9 Å². The number of nitrogens with zero attached hydrogens (tertiary/aromatic N) is 3. The van der Waals surface area contributed by atoms with E-state index in [9.17, 15) is 25.5 Å². The van der Waals surface area contributed by atoms with Gasteiger partial charge in [-0.15, -0.1) is 0 Å². The highest BCUT2D eigenvalue weighted by Crippen LogP contribution is 2.80. The molecular weight excluding hydrogens is 544 g/mol. The van der Waals surface area contributed by atoms with Crippen LogP contribution in [-0.2, 0) is 10.3 Å². The van der Waals surface area contributed by atoms with Crippen molar-refractivity contribution in [3.05, 3.63) is 154 Å². The van der Waals surface area contributed by atoms with Crippen molar-refractivity contribution in [3.8, 4) is 12.1 Å². The Hall–Kier alpha value is -5.59. The van der Waals surface area contributed by atoms with Gasteiger partial charge in [-0.2, -0.15) is 10.5 Å². The number of hydrogen-bond acceptors (Lipinski definition) is 5. The van der Waals surface area contributed by atoms with E-state index in [1.165, 1.54) is 4.90 Å². The molecule has 0 spiro atoms. The molecule has 7 rings (SSSR count). The first-order chi connectivity index (χ1) is 21.3. The van der Waals surface area contributed by atoms with Gasteiger partial charge in [0.2, 0.25) is 0 Å². The van der Waals surface area contributed by atoms with Crippen LogP contribution in [0.2, 0.25) is 0 Å². The molecular formula is C38H28N4O2. The summed E-state index contributed by atoms with van der Waals surface area (Å²) in [5.41, 5.74) is 1.92. The molecule has 2 heterocycles. The summed E-state index contributed by atoms with van der Waals surface area (Å²) in [5, 5.41) is 30.9. The summed E-state index contributed by atoms with van der Waals surface area (Å²) in [6, 6.07) is 38.4. The molecule has 1 aliphatic carbocycles. The molecule has 1 unspecified atom stereocenters. The highest BCUT2D eigenvalue weighted by Gasteiger charge is 2.87. The number of nitrogens with one attached hydrogen (secondary N) is 1. The maximum Gasteiger partial charge on any atom is 0.250 e. The first-order valence-electron chi connectivity index (χ1n) is 14.6. The second kappa shape index (κ2) is 9.73. The molecule has 4 aromatic rings. The first-order valence-corrected chi connectivity index (χ1v) is 14.6. The summed E-state index contributed by atoms with van der Waals surface area (Å²) in [5.74, 6) is -3.10. The molecule has 0 radical (unpaired) electrons. The number of nitriles is 2. The minimum atomic E-state index is -1.47. The maximum absolute atomic E-state index is 14.8. The fraction of sp³-hybridized carbons (Fsp3) is 0.184. The number of fused-ring (bicyclic) bond motifs is 3. The van der Waals surface area contributed by atoms with Gasteiger partial charge in [0.1, 0.15) is 22.9 Å². The Morgan fingerprint density at radius 2 is 1.41 bits per heavy atom. The highest BCUT2D eigenvalue weighted by molar-refractivity contribution is 6.22. The number of amidine groups is 1. The van der Waals surface area contributed by atoms with Crippen molar-refractivity contribution >= 4 is 17.5 Å². The zero-order chi connectivity index (χ0) is 30.8. The Morgan fingerprint density at radius 1 is 0.818 bits per heavy atom. The van der Waals surface area contributed by atoms with Crippen LogP contribution in [0.4, 0.5) is 0 Å². The zero-order valence-corrected chi connectivity index (χ0v) is 24.3. The van der Waals surface area contributed by atoms with Gasteiger partial charge in [0.25, 0.3) is 5.91 Å². The van der Waals surface area contributed by atoms with Gasteiger partial charge >= 0.3 is 0 Å². The van der Waals surface area contributed by atoms with Crippen LogP contribution in [0.1, 0.15) is 50.0 Å². The van der Waals surface area contributed by atoms with Crippen LogP contribution in [0.3, 0.4) is 0 Å². The van der Waals surface area contributed by atoms with Gasteiger partial charge < -0.3 is 0 Å². The van der Waals surface area contributed by atoms with Crippen LogP contribution in [0.25, 0.3) is 0 Å². The summed E-state index contributed by atoms with van der Waals surface area (Å²) in [4.78, 5) is 30.8. The Bertz CT molecular complexity index is 2000. The quantitative estimate of drug-likeness (QED) is 0.267. The van der Waals surface area contributed by atoms with Crippen molar-refractivity contribution < 1.29 is 9.59 Å². The number of benzene rings is 4. The highest BCUT2D eigenvalue weighted by atomic mass is 16.2. The minimum Gasteiger partial charge on any atom is -0.289 e. The third-order valence-corrected chi connectivity index (χ3v) is 9.66. The lowest BCUT2D eigenvalue weighted by Crippen LogP contribution is -2.58. The van der Waals surface area contributed by atoms with Crippen LogP contribution in [0.5, 0.6) is 0 Å². The van der Waals surface area contributed by atoms with Gasteiger partial charge in [-0.25, -0.2) is 0 Å². The third kappa shape index (κ3) is 3.43. The molecule has 44 heavy (non-hydrogen) atoms. The lowest BCUT2D eigenvalue weighted by atomic mass is 9.62. The van der Waals surface area contributed by atoms with Crippen LogP contribution in [0.15, 0.2) is 120 Å². The molecule has 1 saturated carbocycles. The Labute approximate surface area is 256 Å². The molecule has 3 aliphatic rings. The smallest absolute Gasteiger partial charge is 0.250 e. The minimum absolute atomic E-state index is 0.147. The summed E-state index contributed by atoms with van der Waals surface area (Å²) in [7, 11) is 0. The zero-order valence-electron chi connectivity index (χ0n) is 24.3. The molecule has 1 saturated heterocycles. The lowest BCUT2D eigenvalue weighted by Gasteiger charge is -2.51. The van der Waals surface area contributed by atoms with E-state index < -0.39 is 34.6 Å². The summed E-state index contributed by atoms with van der Waals surface area (Å²) >= 11 is 0. The molecule has 0 bridgehead atoms. The number of Topliss-reactive ketones (excluding diaryl/α,β-unsaturated/α-hetero) is 1. The number of piperidine rings is 1. The number of ketones is 1. The van der Waals surface area contributed by atoms with E-state index in [1.807, 2.05) is 98.8 Å². The van der Waals surface area contributed by atoms with Crippen LogP contribution >= 0.6 is 0 Å². The van der Waals surface area contributed by atoms with Crippen LogP contribution in [0, 0.1) is 53.3 Å². The molecule has 1 amide bonds. The Kier molecular flexibility index (Phi) is 6.02. The van der Waals surface area contributed by atoms with Crippen molar-refractivity contribution in [2.45, 2.75) is 31.2 Å². The molecule has 6 nitrogen and oxygen atoms in total. The van der Waals surface area contributed by atoms with E-state index in [-0.39, 0.29) is 22.8 Å². The van der Waals surface area contributed by atoms with E-state index in [2.05, 4.69) is 12.1 Å². The van der Waals surface area contributed by atoms with Gasteiger partial charge in [-0.3, -0.25) is 19.9 Å². The fourth-order valence-corrected chi connectivity index (χ4v) is 8.01. The summed E-state index contributed by atoms with van der Waals surface area (Å²) in [6.45, 7) is 3.94. The van der Waals surface area contributed by atoms with Crippen molar-refractivity contribution in [1.82, 2.24) is 4.90 Å². The first kappa shape index (κ1) is 27.3. The average molecular weight is 573 g/mol. The van der Waals surface area contributed by atoms with Gasteiger partial charge in [-0.1, -0.05) is 120 Å². The third-order valence-electron chi connectivity index (χ3n) is 9.66. The number of carbonyl (C=O) groups excluding carboxylic acids is 2. The molecule has 2 aliphatic heterocycles. The lowest BCUT2D eigenvalue weighted by molar-refractivity contribution is -0.132. The fourth-order valence-electron chi connectivity index (χ4n) is 8.01. The van der Waals surface area contributed by atoms with E-state index in [4.69, 9.17) is 0 Å². The molecule has 2 fully saturated rings. The molecule has 1 N–H and O–H groups in total. The van der Waals surface area contributed by atoms with E-state index in [0.29, 0.717) is 5.56 Å². The van der Waals surface area contributed by atoms with Gasteiger partial charge in [0.15, 0.2) is 5.78 Å². The Balaban J connectivity index is 1.62. The molecule has 0 aromatic heterocycles. The van der Waals surface area contributed by atoms with Crippen LogP contribution in [-0.4, -0.2) is 22.4 Å². The standard InChI is InChI=1S/C38H28N4O2/c1-23-11-9-15-26(19-23)31-30(33(43)25-13-5-3-6-14-25)29(21-39)35(41)42-36(44)37(22-40)32(27-16-10-12-24(2)20-27)34(37)38(31,42)28-17-7-4-8-18-28/h3-20,31-32,34,41H,1-2H3/t31-,32+,34?,37+,38+/m0/s1. The van der Waals surface area contributed by atoms with E-state index in [0.717, 1.165) is 27.8 Å². The SMILES string of the molecule is Cc1cccc([C@@H]2C3[C@]2(C#N)C(=O)N2C(=N)C(C#N)=C(C(=O)c4ccccc4)[C@H](c4cccc(C)c4)[C@]32c2ccccc2)c1. The summed E-state index contributed by atoms with van der Waals surface area (Å²) < 4.78 is 0. The molecule has 4 aromatic carbocycles. The number of hydrogen-bond donors (Lipinski definition) is 1. The van der Waals surface area contributed by atoms with Crippen molar-refractivity contribution in [1.29, 1.82) is 15.9 Å². The molecule has 212 valence electrons. The normalized spacial score (nSPS) is 26.8. The summed E-state index contributed by atoms with van der Waals surface area (Å²) in [6.07, 6.45) is 0. The maximum atomic E-state index is 14.8. The number of carbonyl (C=O) groups is 2. The van der Waals surface area contributed by atoms with Gasteiger partial charge in [-0.05, 0) is 30.5 Å². The molecule has 6 heteroatoms. The van der Waals surface area contributed by atoms with E-state index in [1.54, 1.807) is 24.3 Å².